The lowest BCUT2D eigenvalue weighted by molar-refractivity contribution is -0.141. The monoisotopic (exact) mass is 198 g/mol. The van der Waals surface area contributed by atoms with Gasteiger partial charge >= 0.3 is 5.97 Å². The van der Waals surface area contributed by atoms with Crippen molar-refractivity contribution in [3.63, 3.8) is 0 Å². The first kappa shape index (κ1) is 10.6. The van der Waals surface area contributed by atoms with Crippen LogP contribution < -0.4 is 0 Å². The van der Waals surface area contributed by atoms with Crippen LogP contribution in [-0.4, -0.2) is 26.0 Å². The maximum Gasteiger partial charge on any atom is 0.328 e. The van der Waals surface area contributed by atoms with Crippen molar-refractivity contribution in [1.82, 2.24) is 9.78 Å². The third kappa shape index (κ3) is 2.48. The third-order valence-electron chi connectivity index (χ3n) is 1.89. The molecule has 0 radical (unpaired) electrons. The van der Waals surface area contributed by atoms with Crippen molar-refractivity contribution in [1.29, 1.82) is 0 Å². The van der Waals surface area contributed by atoms with E-state index in [1.807, 2.05) is 13.8 Å². The number of carboxylic acids is 1. The lowest BCUT2D eigenvalue weighted by atomic mass is 10.0. The van der Waals surface area contributed by atoms with Crippen LogP contribution >= 0.6 is 0 Å². The third-order valence-corrected chi connectivity index (χ3v) is 1.89. The maximum atomic E-state index is 10.9. The highest BCUT2D eigenvalue weighted by Crippen LogP contribution is 2.19. The standard InChI is InChI=1S/C9H14N2O3/c1-6(2)3-8(9(13)14)11-5-7(12)4-10-11/h4-6,8,12H,3H2,1-2H3,(H,13,14)/t8-/m0/s1. The van der Waals surface area contributed by atoms with Gasteiger partial charge in [0.05, 0.1) is 12.4 Å². The molecule has 0 aliphatic carbocycles. The Balaban J connectivity index is 2.83. The molecule has 0 spiro atoms. The first-order valence-corrected chi connectivity index (χ1v) is 4.46. The van der Waals surface area contributed by atoms with Crippen LogP contribution in [0.1, 0.15) is 26.3 Å². The van der Waals surface area contributed by atoms with Crippen molar-refractivity contribution in [3.8, 4) is 5.75 Å². The number of rotatable bonds is 4. The van der Waals surface area contributed by atoms with Gasteiger partial charge < -0.3 is 10.2 Å². The molecule has 0 aliphatic rings. The zero-order chi connectivity index (χ0) is 10.7. The van der Waals surface area contributed by atoms with Crippen LogP contribution in [0.25, 0.3) is 0 Å². The van der Waals surface area contributed by atoms with Crippen LogP contribution in [0.4, 0.5) is 0 Å². The fourth-order valence-electron chi connectivity index (χ4n) is 1.27. The van der Waals surface area contributed by atoms with Crippen molar-refractivity contribution in [2.75, 3.05) is 0 Å². The van der Waals surface area contributed by atoms with Crippen LogP contribution in [0.15, 0.2) is 12.4 Å². The van der Waals surface area contributed by atoms with E-state index in [-0.39, 0.29) is 11.7 Å². The van der Waals surface area contributed by atoms with Crippen molar-refractivity contribution in [3.05, 3.63) is 12.4 Å². The Bertz CT molecular complexity index is 320. The predicted octanol–water partition coefficient (Wildman–Crippen LogP) is 1.26. The molecule has 1 heterocycles. The first-order valence-electron chi connectivity index (χ1n) is 4.46. The fraction of sp³-hybridized carbons (Fsp3) is 0.556. The van der Waals surface area contributed by atoms with Gasteiger partial charge in [-0.1, -0.05) is 13.8 Å². The summed E-state index contributed by atoms with van der Waals surface area (Å²) >= 11 is 0. The van der Waals surface area contributed by atoms with E-state index in [0.717, 1.165) is 0 Å². The van der Waals surface area contributed by atoms with E-state index in [4.69, 9.17) is 10.2 Å². The number of aromatic hydroxyl groups is 1. The molecule has 5 heteroatoms. The SMILES string of the molecule is CC(C)C[C@@H](C(=O)O)n1cc(O)cn1. The highest BCUT2D eigenvalue weighted by Gasteiger charge is 2.21. The molecule has 0 aliphatic heterocycles. The van der Waals surface area contributed by atoms with Gasteiger partial charge in [0.1, 0.15) is 6.04 Å². The van der Waals surface area contributed by atoms with E-state index >= 15 is 0 Å². The fourth-order valence-corrected chi connectivity index (χ4v) is 1.27. The number of nitrogens with zero attached hydrogens (tertiary/aromatic N) is 2. The summed E-state index contributed by atoms with van der Waals surface area (Å²) in [5.41, 5.74) is 0. The summed E-state index contributed by atoms with van der Waals surface area (Å²) in [6.45, 7) is 3.89. The van der Waals surface area contributed by atoms with Gasteiger partial charge in [-0.15, -0.1) is 0 Å². The van der Waals surface area contributed by atoms with E-state index in [2.05, 4.69) is 5.10 Å². The zero-order valence-corrected chi connectivity index (χ0v) is 8.21. The topological polar surface area (TPSA) is 75.3 Å². The Morgan fingerprint density at radius 3 is 2.64 bits per heavy atom. The molecule has 1 rings (SSSR count). The number of hydrogen-bond acceptors (Lipinski definition) is 3. The molecule has 0 bridgehead atoms. The smallest absolute Gasteiger partial charge is 0.328 e. The molecule has 0 fully saturated rings. The highest BCUT2D eigenvalue weighted by molar-refractivity contribution is 5.71. The summed E-state index contributed by atoms with van der Waals surface area (Å²) in [6, 6.07) is -0.698. The quantitative estimate of drug-likeness (QED) is 0.763. The predicted molar refractivity (Wildman–Crippen MR) is 50.0 cm³/mol. The Kier molecular flexibility index (Phi) is 3.11. The Hall–Kier alpha value is -1.52. The molecule has 2 N–H and O–H groups in total. The van der Waals surface area contributed by atoms with E-state index in [9.17, 15) is 4.79 Å². The van der Waals surface area contributed by atoms with Gasteiger partial charge in [0.2, 0.25) is 0 Å². The van der Waals surface area contributed by atoms with Crippen molar-refractivity contribution in [2.45, 2.75) is 26.3 Å². The molecular weight excluding hydrogens is 184 g/mol. The maximum absolute atomic E-state index is 10.9. The van der Waals surface area contributed by atoms with Crippen LogP contribution in [-0.2, 0) is 4.79 Å². The van der Waals surface area contributed by atoms with Gasteiger partial charge in [-0.2, -0.15) is 5.10 Å². The van der Waals surface area contributed by atoms with Crippen LogP contribution in [0.3, 0.4) is 0 Å². The van der Waals surface area contributed by atoms with E-state index < -0.39 is 12.0 Å². The Labute approximate surface area is 82.0 Å². The molecule has 0 amide bonds. The highest BCUT2D eigenvalue weighted by atomic mass is 16.4. The zero-order valence-electron chi connectivity index (χ0n) is 8.21. The minimum Gasteiger partial charge on any atom is -0.505 e. The molecule has 0 saturated carbocycles. The van der Waals surface area contributed by atoms with Crippen molar-refractivity contribution >= 4 is 5.97 Å². The summed E-state index contributed by atoms with van der Waals surface area (Å²) in [5.74, 6) is -0.677. The lowest BCUT2D eigenvalue weighted by Gasteiger charge is -2.14. The van der Waals surface area contributed by atoms with E-state index in [1.165, 1.54) is 17.1 Å². The second-order valence-electron chi connectivity index (χ2n) is 3.66. The summed E-state index contributed by atoms with van der Waals surface area (Å²) in [4.78, 5) is 10.9. The minimum absolute atomic E-state index is 0.0139. The summed E-state index contributed by atoms with van der Waals surface area (Å²) in [7, 11) is 0. The van der Waals surface area contributed by atoms with Crippen molar-refractivity contribution in [2.24, 2.45) is 5.92 Å². The number of carboxylic acid groups (broad SMARTS) is 1. The van der Waals surface area contributed by atoms with Gasteiger partial charge in [0, 0.05) is 0 Å². The molecular formula is C9H14N2O3. The Morgan fingerprint density at radius 2 is 2.29 bits per heavy atom. The number of hydrogen-bond donors (Lipinski definition) is 2. The lowest BCUT2D eigenvalue weighted by Crippen LogP contribution is -2.21. The molecule has 0 aromatic carbocycles. The average Bonchev–Trinajstić information content (AvgIpc) is 2.46. The van der Waals surface area contributed by atoms with Gasteiger partial charge in [0.25, 0.3) is 0 Å². The summed E-state index contributed by atoms with van der Waals surface area (Å²) in [5, 5.41) is 21.8. The molecule has 0 unspecified atom stereocenters. The van der Waals surface area contributed by atoms with E-state index in [1.54, 1.807) is 0 Å². The number of carbonyl (C=O) groups is 1. The first-order chi connectivity index (χ1) is 6.50. The molecule has 1 aromatic heterocycles. The molecule has 78 valence electrons. The summed E-state index contributed by atoms with van der Waals surface area (Å²) < 4.78 is 1.28. The number of aromatic nitrogens is 2. The minimum atomic E-state index is -0.929. The van der Waals surface area contributed by atoms with Crippen LogP contribution in [0, 0.1) is 5.92 Å². The second-order valence-corrected chi connectivity index (χ2v) is 3.66. The van der Waals surface area contributed by atoms with Gasteiger partial charge in [-0.3, -0.25) is 4.68 Å². The van der Waals surface area contributed by atoms with E-state index in [0.29, 0.717) is 6.42 Å². The molecule has 1 aromatic rings. The molecule has 1 atom stereocenters. The van der Waals surface area contributed by atoms with Gasteiger partial charge in [-0.25, -0.2) is 4.79 Å². The van der Waals surface area contributed by atoms with Gasteiger partial charge in [0.15, 0.2) is 5.75 Å². The molecule has 14 heavy (non-hydrogen) atoms. The summed E-state index contributed by atoms with van der Waals surface area (Å²) in [6.07, 6.45) is 3.05. The number of aliphatic carboxylic acids is 1. The average molecular weight is 198 g/mol. The Morgan fingerprint density at radius 1 is 1.64 bits per heavy atom. The largest absolute Gasteiger partial charge is 0.505 e. The van der Waals surface area contributed by atoms with Crippen LogP contribution in [0.5, 0.6) is 5.75 Å². The normalized spacial score (nSPS) is 13.1. The second kappa shape index (κ2) is 4.13. The molecule has 5 nitrogen and oxygen atoms in total. The van der Waals surface area contributed by atoms with Crippen molar-refractivity contribution < 1.29 is 15.0 Å². The van der Waals surface area contributed by atoms with Crippen LogP contribution in [0.2, 0.25) is 0 Å². The molecule has 0 saturated heterocycles. The van der Waals surface area contributed by atoms with Gasteiger partial charge in [-0.05, 0) is 12.3 Å².